The number of hydrogen-bond donors (Lipinski definition) is 1. The summed E-state index contributed by atoms with van der Waals surface area (Å²) in [6.45, 7) is 0.689. The number of benzene rings is 4. The van der Waals surface area contributed by atoms with Crippen molar-refractivity contribution in [2.75, 3.05) is 6.54 Å². The van der Waals surface area contributed by atoms with Gasteiger partial charge in [0, 0.05) is 17.1 Å². The second kappa shape index (κ2) is 11.4. The van der Waals surface area contributed by atoms with Gasteiger partial charge in [-0.2, -0.15) is 0 Å². The maximum absolute atomic E-state index is 13.3. The third kappa shape index (κ3) is 5.48. The Kier molecular flexibility index (Phi) is 7.57. The van der Waals surface area contributed by atoms with Crippen LogP contribution in [0.3, 0.4) is 0 Å². The molecule has 1 aliphatic rings. The van der Waals surface area contributed by atoms with E-state index < -0.39 is 17.7 Å². The highest BCUT2D eigenvalue weighted by Gasteiger charge is 2.46. The van der Waals surface area contributed by atoms with Gasteiger partial charge in [0.2, 0.25) is 0 Å². The van der Waals surface area contributed by atoms with Gasteiger partial charge in [0.05, 0.1) is 11.6 Å². The summed E-state index contributed by atoms with van der Waals surface area (Å²) in [6, 6.07) is 32.7. The second-order valence-electron chi connectivity index (χ2n) is 9.08. The minimum atomic E-state index is -0.769. The Morgan fingerprint density at radius 1 is 0.816 bits per heavy atom. The average molecular weight is 524 g/mol. The number of carbonyl (C=O) groups excluding carboxylic acids is 2. The fourth-order valence-electron chi connectivity index (χ4n) is 4.63. The van der Waals surface area contributed by atoms with Gasteiger partial charge in [-0.25, -0.2) is 0 Å². The molecule has 38 heavy (non-hydrogen) atoms. The molecule has 6 heteroatoms. The van der Waals surface area contributed by atoms with E-state index in [4.69, 9.17) is 16.3 Å². The Bertz CT molecular complexity index is 1470. The van der Waals surface area contributed by atoms with Crippen LogP contribution in [0.25, 0.3) is 5.76 Å². The van der Waals surface area contributed by atoms with E-state index in [0.29, 0.717) is 41.5 Å². The molecule has 0 radical (unpaired) electrons. The van der Waals surface area contributed by atoms with Crippen molar-refractivity contribution >= 4 is 29.1 Å². The van der Waals surface area contributed by atoms with Crippen LogP contribution in [0.5, 0.6) is 5.75 Å². The normalized spacial score (nSPS) is 16.6. The molecule has 1 fully saturated rings. The van der Waals surface area contributed by atoms with E-state index >= 15 is 0 Å². The molecule has 0 bridgehead atoms. The molecule has 5 nitrogen and oxygen atoms in total. The van der Waals surface area contributed by atoms with Crippen LogP contribution in [-0.4, -0.2) is 28.2 Å². The molecule has 0 aliphatic carbocycles. The standard InChI is InChI=1S/C32H26ClNO4/c33-26-16-14-24(15-17-26)30(35)28-29(34(32(37)31(28)36)19-18-22-8-3-1-4-9-22)25-12-7-13-27(20-25)38-21-23-10-5-2-6-11-23/h1-17,20,29,35H,18-19,21H2/b30-28+. The number of aliphatic hydroxyl groups is 1. The lowest BCUT2D eigenvalue weighted by atomic mass is 9.95. The van der Waals surface area contributed by atoms with Crippen molar-refractivity contribution in [2.45, 2.75) is 19.1 Å². The summed E-state index contributed by atoms with van der Waals surface area (Å²) in [7, 11) is 0. The van der Waals surface area contributed by atoms with E-state index in [1.54, 1.807) is 24.3 Å². The monoisotopic (exact) mass is 523 g/mol. The van der Waals surface area contributed by atoms with Crippen molar-refractivity contribution in [3.63, 3.8) is 0 Å². The summed E-state index contributed by atoms with van der Waals surface area (Å²) in [5, 5.41) is 11.8. The van der Waals surface area contributed by atoms with Crippen LogP contribution in [-0.2, 0) is 22.6 Å². The van der Waals surface area contributed by atoms with E-state index in [1.807, 2.05) is 84.9 Å². The van der Waals surface area contributed by atoms with Gasteiger partial charge >= 0.3 is 0 Å². The molecule has 1 amide bonds. The van der Waals surface area contributed by atoms with E-state index in [-0.39, 0.29) is 11.3 Å². The molecule has 0 aromatic heterocycles. The molecule has 1 unspecified atom stereocenters. The van der Waals surface area contributed by atoms with Crippen LogP contribution < -0.4 is 4.74 Å². The highest BCUT2D eigenvalue weighted by atomic mass is 35.5. The molecule has 190 valence electrons. The summed E-state index contributed by atoms with van der Waals surface area (Å²) in [5.74, 6) is -0.988. The van der Waals surface area contributed by atoms with Crippen LogP contribution in [0.2, 0.25) is 5.02 Å². The Hall–Kier alpha value is -4.35. The highest BCUT2D eigenvalue weighted by molar-refractivity contribution is 6.46. The molecule has 5 rings (SSSR count). The number of Topliss-reactive ketones (excluding diaryl/α,β-unsaturated/α-hetero) is 1. The minimum absolute atomic E-state index is 0.0468. The SMILES string of the molecule is O=C1C(=O)N(CCc2ccccc2)C(c2cccc(OCc3ccccc3)c2)/C1=C(\O)c1ccc(Cl)cc1. The number of hydrogen-bond acceptors (Lipinski definition) is 4. The molecule has 1 aliphatic heterocycles. The molecule has 1 saturated heterocycles. The maximum Gasteiger partial charge on any atom is 0.295 e. The van der Waals surface area contributed by atoms with Crippen molar-refractivity contribution < 1.29 is 19.4 Å². The summed E-state index contributed by atoms with van der Waals surface area (Å²) in [4.78, 5) is 28.1. The largest absolute Gasteiger partial charge is 0.507 e. The van der Waals surface area contributed by atoms with Crippen molar-refractivity contribution in [3.05, 3.63) is 142 Å². The first-order valence-electron chi connectivity index (χ1n) is 12.4. The summed E-state index contributed by atoms with van der Waals surface area (Å²) in [6.07, 6.45) is 0.565. The first kappa shape index (κ1) is 25.3. The summed E-state index contributed by atoms with van der Waals surface area (Å²) >= 11 is 6.03. The lowest BCUT2D eigenvalue weighted by Crippen LogP contribution is -2.31. The molecule has 0 spiro atoms. The topological polar surface area (TPSA) is 66.8 Å². The van der Waals surface area contributed by atoms with Gasteiger partial charge in [0.25, 0.3) is 11.7 Å². The third-order valence-corrected chi connectivity index (χ3v) is 6.82. The number of ether oxygens (including phenoxy) is 1. The predicted molar refractivity (Wildman–Crippen MR) is 148 cm³/mol. The third-order valence-electron chi connectivity index (χ3n) is 6.56. The second-order valence-corrected chi connectivity index (χ2v) is 9.52. The zero-order valence-electron chi connectivity index (χ0n) is 20.6. The number of nitrogens with zero attached hydrogens (tertiary/aromatic N) is 1. The van der Waals surface area contributed by atoms with Crippen LogP contribution in [0.1, 0.15) is 28.3 Å². The van der Waals surface area contributed by atoms with Crippen LogP contribution in [0.15, 0.2) is 115 Å². The smallest absolute Gasteiger partial charge is 0.295 e. The van der Waals surface area contributed by atoms with Crippen molar-refractivity contribution in [1.29, 1.82) is 0 Å². The van der Waals surface area contributed by atoms with Gasteiger partial charge in [-0.1, -0.05) is 84.4 Å². The van der Waals surface area contributed by atoms with Crippen LogP contribution in [0.4, 0.5) is 0 Å². The van der Waals surface area contributed by atoms with E-state index in [2.05, 4.69) is 0 Å². The number of aliphatic hydroxyl groups excluding tert-OH is 1. The number of halogens is 1. The zero-order valence-corrected chi connectivity index (χ0v) is 21.3. The maximum atomic E-state index is 13.3. The van der Waals surface area contributed by atoms with E-state index in [9.17, 15) is 14.7 Å². The number of rotatable bonds is 8. The Balaban J connectivity index is 1.52. The van der Waals surface area contributed by atoms with Crippen molar-refractivity contribution in [1.82, 2.24) is 4.90 Å². The average Bonchev–Trinajstić information content (AvgIpc) is 3.21. The fourth-order valence-corrected chi connectivity index (χ4v) is 4.76. The molecular weight excluding hydrogens is 498 g/mol. The number of carbonyl (C=O) groups is 2. The van der Waals surface area contributed by atoms with Crippen LogP contribution in [0, 0.1) is 0 Å². The lowest BCUT2D eigenvalue weighted by molar-refractivity contribution is -0.139. The van der Waals surface area contributed by atoms with Gasteiger partial charge in [-0.3, -0.25) is 9.59 Å². The number of ketones is 1. The molecule has 4 aromatic carbocycles. The number of likely N-dealkylation sites (tertiary alicyclic amines) is 1. The van der Waals surface area contributed by atoms with E-state index in [1.165, 1.54) is 4.90 Å². The lowest BCUT2D eigenvalue weighted by Gasteiger charge is -2.26. The van der Waals surface area contributed by atoms with Gasteiger partial charge in [0.15, 0.2) is 0 Å². The minimum Gasteiger partial charge on any atom is -0.507 e. The predicted octanol–water partition coefficient (Wildman–Crippen LogP) is 6.58. The Morgan fingerprint density at radius 2 is 1.47 bits per heavy atom. The fraction of sp³-hybridized carbons (Fsp3) is 0.125. The van der Waals surface area contributed by atoms with E-state index in [0.717, 1.165) is 11.1 Å². The first-order valence-corrected chi connectivity index (χ1v) is 12.7. The highest BCUT2D eigenvalue weighted by Crippen LogP contribution is 2.40. The summed E-state index contributed by atoms with van der Waals surface area (Å²) in [5.41, 5.74) is 3.21. The molecule has 1 N–H and O–H groups in total. The van der Waals surface area contributed by atoms with Gasteiger partial charge in [-0.15, -0.1) is 0 Å². The van der Waals surface area contributed by atoms with Gasteiger partial charge < -0.3 is 14.7 Å². The zero-order chi connectivity index (χ0) is 26.5. The van der Waals surface area contributed by atoms with Crippen molar-refractivity contribution in [3.8, 4) is 5.75 Å². The Morgan fingerprint density at radius 3 is 2.16 bits per heavy atom. The summed E-state index contributed by atoms with van der Waals surface area (Å²) < 4.78 is 6.02. The van der Waals surface area contributed by atoms with Gasteiger partial charge in [-0.05, 0) is 59.5 Å². The molecule has 0 saturated carbocycles. The molecule has 4 aromatic rings. The van der Waals surface area contributed by atoms with Gasteiger partial charge in [0.1, 0.15) is 18.1 Å². The molecule has 1 heterocycles. The van der Waals surface area contributed by atoms with Crippen LogP contribution >= 0.6 is 11.6 Å². The number of amides is 1. The quantitative estimate of drug-likeness (QED) is 0.161. The van der Waals surface area contributed by atoms with Crippen molar-refractivity contribution in [2.24, 2.45) is 0 Å². The molecular formula is C32H26ClNO4. The Labute approximate surface area is 226 Å². The first-order chi connectivity index (χ1) is 18.5. The molecule has 1 atom stereocenters.